The van der Waals surface area contributed by atoms with Gasteiger partial charge in [0.25, 0.3) is 0 Å². The van der Waals surface area contributed by atoms with Crippen molar-refractivity contribution >= 4 is 5.97 Å². The zero-order valence-corrected chi connectivity index (χ0v) is 15.1. The fourth-order valence-corrected chi connectivity index (χ4v) is 6.89. The minimum Gasteiger partial charge on any atom is -0.508 e. The average Bonchev–Trinajstić information content (AvgIpc) is 3.01. The van der Waals surface area contributed by atoms with Gasteiger partial charge in [-0.3, -0.25) is 4.79 Å². The Bertz CT molecular complexity index is 801. The van der Waals surface area contributed by atoms with E-state index in [4.69, 9.17) is 4.74 Å². The van der Waals surface area contributed by atoms with Crippen LogP contribution >= 0.6 is 0 Å². The number of fused-ring (bicyclic) bond motifs is 7. The van der Waals surface area contributed by atoms with Gasteiger partial charge < -0.3 is 14.9 Å². The number of phenols is 1. The number of carbonyl (C=O) groups excluding carboxylic acids is 1. The van der Waals surface area contributed by atoms with Crippen LogP contribution < -0.4 is 0 Å². The lowest BCUT2D eigenvalue weighted by Crippen LogP contribution is -2.53. The number of hydrogen-bond acceptors (Lipinski definition) is 4. The van der Waals surface area contributed by atoms with E-state index in [0.717, 1.165) is 25.7 Å². The highest BCUT2D eigenvalue weighted by Crippen LogP contribution is 2.67. The molecule has 3 fully saturated rings. The van der Waals surface area contributed by atoms with E-state index < -0.39 is 5.60 Å². The molecule has 0 bridgehead atoms. The van der Waals surface area contributed by atoms with E-state index in [1.54, 1.807) is 6.07 Å². The van der Waals surface area contributed by atoms with Gasteiger partial charge in [-0.2, -0.15) is 0 Å². The third-order valence-corrected chi connectivity index (χ3v) is 8.18. The molecule has 1 saturated heterocycles. The number of ether oxygens (including phenoxy) is 1. The number of aliphatic hydroxyl groups is 1. The Kier molecular flexibility index (Phi) is 3.23. The van der Waals surface area contributed by atoms with E-state index in [-0.39, 0.29) is 23.9 Å². The van der Waals surface area contributed by atoms with Crippen LogP contribution in [-0.4, -0.2) is 27.9 Å². The summed E-state index contributed by atoms with van der Waals surface area (Å²) in [4.78, 5) is 11.9. The van der Waals surface area contributed by atoms with Gasteiger partial charge in [-0.05, 0) is 72.6 Å². The summed E-state index contributed by atoms with van der Waals surface area (Å²) in [5.74, 6) is 1.51. The molecule has 0 amide bonds. The van der Waals surface area contributed by atoms with Crippen molar-refractivity contribution in [2.75, 3.05) is 0 Å². The van der Waals surface area contributed by atoms with E-state index in [2.05, 4.69) is 25.6 Å². The van der Waals surface area contributed by atoms with E-state index >= 15 is 0 Å². The van der Waals surface area contributed by atoms with Crippen LogP contribution in [0, 0.1) is 23.2 Å². The molecule has 4 nitrogen and oxygen atoms in total. The van der Waals surface area contributed by atoms with E-state index in [1.165, 1.54) is 11.1 Å². The Hall–Kier alpha value is -1.81. The average molecular weight is 354 g/mol. The molecule has 2 saturated carbocycles. The molecule has 2 N–H and O–H groups in total. The highest BCUT2D eigenvalue weighted by atomic mass is 16.6. The number of allylic oxidation sites excluding steroid dienone is 1. The van der Waals surface area contributed by atoms with Crippen molar-refractivity contribution in [2.45, 2.75) is 56.7 Å². The maximum atomic E-state index is 11.9. The molecule has 138 valence electrons. The van der Waals surface area contributed by atoms with Crippen LogP contribution in [0.1, 0.15) is 49.7 Å². The highest BCUT2D eigenvalue weighted by molar-refractivity contribution is 5.74. The first-order valence-electron chi connectivity index (χ1n) is 9.73. The summed E-state index contributed by atoms with van der Waals surface area (Å²) < 4.78 is 5.53. The molecule has 4 heteroatoms. The third-order valence-electron chi connectivity index (χ3n) is 8.18. The van der Waals surface area contributed by atoms with Gasteiger partial charge in [0.05, 0.1) is 6.42 Å². The zero-order valence-electron chi connectivity index (χ0n) is 15.1. The second-order valence-electron chi connectivity index (χ2n) is 9.05. The Morgan fingerprint density at radius 3 is 2.96 bits per heavy atom. The minimum atomic E-state index is -1.03. The van der Waals surface area contributed by atoms with Gasteiger partial charge in [0.2, 0.25) is 0 Å². The molecular formula is C22H26O4. The van der Waals surface area contributed by atoms with Gasteiger partial charge in [-0.25, -0.2) is 0 Å². The number of rotatable bonds is 1. The van der Waals surface area contributed by atoms with Crippen LogP contribution in [0.5, 0.6) is 5.75 Å². The Morgan fingerprint density at radius 1 is 1.38 bits per heavy atom. The maximum absolute atomic E-state index is 11.9. The topological polar surface area (TPSA) is 66.8 Å². The predicted molar refractivity (Wildman–Crippen MR) is 96.6 cm³/mol. The van der Waals surface area contributed by atoms with Crippen molar-refractivity contribution < 1.29 is 19.7 Å². The lowest BCUT2D eigenvalue weighted by atomic mass is 9.50. The molecule has 1 aromatic carbocycles. The Labute approximate surface area is 153 Å². The molecule has 0 spiro atoms. The Morgan fingerprint density at radius 2 is 2.19 bits per heavy atom. The lowest BCUT2D eigenvalue weighted by Gasteiger charge is -2.54. The van der Waals surface area contributed by atoms with Gasteiger partial charge in [0, 0.05) is 5.41 Å². The van der Waals surface area contributed by atoms with Crippen molar-refractivity contribution in [1.29, 1.82) is 0 Å². The van der Waals surface area contributed by atoms with Crippen molar-refractivity contribution in [3.8, 4) is 5.75 Å². The van der Waals surface area contributed by atoms with Crippen LogP contribution in [0.15, 0.2) is 30.9 Å². The smallest absolute Gasteiger partial charge is 0.309 e. The predicted octanol–water partition coefficient (Wildman–Crippen LogP) is 3.32. The molecule has 0 radical (unpaired) electrons. The molecule has 5 rings (SSSR count). The van der Waals surface area contributed by atoms with E-state index in [9.17, 15) is 15.0 Å². The molecule has 1 unspecified atom stereocenters. The highest BCUT2D eigenvalue weighted by Gasteiger charge is 2.70. The second-order valence-corrected chi connectivity index (χ2v) is 9.05. The molecule has 1 heterocycles. The van der Waals surface area contributed by atoms with Gasteiger partial charge in [0.1, 0.15) is 17.5 Å². The standard InChI is InChI=1S/C22H26O4/c1-3-12-8-13-9-14(23)4-5-15(13)16-6-7-21(2)17(20(12)16)10-18-22(21,25)11-19(24)26-18/h3-5,9,12,16-18,20,23,25H,1,6-8,10-11H2,2H3/t12-,16-,17+,18?,20-,21+,22-/m1/s1. The van der Waals surface area contributed by atoms with E-state index in [1.807, 2.05) is 6.07 Å². The molecule has 0 aromatic heterocycles. The SMILES string of the molecule is C=C[C@@H]1Cc2cc(O)ccc2[C@H]2CC[C@@]3(C)[C@@H](CC4OC(=O)C[C@@]43O)[C@H]12. The number of esters is 1. The Balaban J connectivity index is 1.59. The van der Waals surface area contributed by atoms with Gasteiger partial charge >= 0.3 is 5.97 Å². The second kappa shape index (κ2) is 5.13. The fraction of sp³-hybridized carbons (Fsp3) is 0.591. The van der Waals surface area contributed by atoms with Gasteiger partial charge in [-0.15, -0.1) is 6.58 Å². The van der Waals surface area contributed by atoms with Crippen LogP contribution in [0.25, 0.3) is 0 Å². The van der Waals surface area contributed by atoms with Crippen molar-refractivity contribution in [1.82, 2.24) is 0 Å². The largest absolute Gasteiger partial charge is 0.508 e. The first-order chi connectivity index (χ1) is 12.4. The molecule has 26 heavy (non-hydrogen) atoms. The van der Waals surface area contributed by atoms with E-state index in [0.29, 0.717) is 29.4 Å². The van der Waals surface area contributed by atoms with Crippen LogP contribution in [0.3, 0.4) is 0 Å². The fourth-order valence-electron chi connectivity index (χ4n) is 6.89. The molecule has 7 atom stereocenters. The normalized spacial score (nSPS) is 45.9. The number of hydrogen-bond donors (Lipinski definition) is 2. The summed E-state index contributed by atoms with van der Waals surface area (Å²) in [6.07, 6.45) is 5.33. The number of carbonyl (C=O) groups is 1. The summed E-state index contributed by atoms with van der Waals surface area (Å²) in [5, 5.41) is 21.3. The first-order valence-corrected chi connectivity index (χ1v) is 9.73. The van der Waals surface area contributed by atoms with Crippen molar-refractivity contribution in [3.05, 3.63) is 42.0 Å². The molecule has 1 aromatic rings. The molecular weight excluding hydrogens is 328 g/mol. The summed E-state index contributed by atoms with van der Waals surface area (Å²) in [6, 6.07) is 5.76. The monoisotopic (exact) mass is 354 g/mol. The van der Waals surface area contributed by atoms with Crippen molar-refractivity contribution in [3.63, 3.8) is 0 Å². The summed E-state index contributed by atoms with van der Waals surface area (Å²) in [6.45, 7) is 6.27. The summed E-state index contributed by atoms with van der Waals surface area (Å²) in [7, 11) is 0. The van der Waals surface area contributed by atoms with Gasteiger partial charge in [-0.1, -0.05) is 19.1 Å². The molecule has 4 aliphatic rings. The number of aromatic hydroxyl groups is 1. The maximum Gasteiger partial charge on any atom is 0.309 e. The van der Waals surface area contributed by atoms with Crippen molar-refractivity contribution in [2.24, 2.45) is 23.2 Å². The quantitative estimate of drug-likeness (QED) is 0.600. The lowest BCUT2D eigenvalue weighted by molar-refractivity contribution is -0.142. The third kappa shape index (κ3) is 1.86. The minimum absolute atomic E-state index is 0.130. The van der Waals surface area contributed by atoms with Crippen LogP contribution in [-0.2, 0) is 16.0 Å². The molecule has 1 aliphatic heterocycles. The first kappa shape index (κ1) is 16.4. The number of benzene rings is 1. The summed E-state index contributed by atoms with van der Waals surface area (Å²) in [5.41, 5.74) is 1.25. The number of phenolic OH excluding ortho intramolecular Hbond substituents is 1. The zero-order chi connectivity index (χ0) is 18.3. The summed E-state index contributed by atoms with van der Waals surface area (Å²) >= 11 is 0. The van der Waals surface area contributed by atoms with Crippen LogP contribution in [0.2, 0.25) is 0 Å². The van der Waals surface area contributed by atoms with Gasteiger partial charge in [0.15, 0.2) is 0 Å². The van der Waals surface area contributed by atoms with Crippen LogP contribution in [0.4, 0.5) is 0 Å². The molecule has 3 aliphatic carbocycles.